The Kier molecular flexibility index (Phi) is 2.62. The van der Waals surface area contributed by atoms with Gasteiger partial charge in [0, 0.05) is 17.6 Å². The van der Waals surface area contributed by atoms with Gasteiger partial charge in [0.2, 0.25) is 0 Å². The second kappa shape index (κ2) is 3.50. The van der Waals surface area contributed by atoms with Gasteiger partial charge in [0.05, 0.1) is 0 Å². The van der Waals surface area contributed by atoms with E-state index in [0.717, 1.165) is 5.69 Å². The van der Waals surface area contributed by atoms with E-state index in [0.29, 0.717) is 4.90 Å². The van der Waals surface area contributed by atoms with Gasteiger partial charge in [-0.25, -0.2) is 0 Å². The molecule has 0 aromatic heterocycles. The Morgan fingerprint density at radius 3 is 2.82 bits per heavy atom. The first-order chi connectivity index (χ1) is 5.24. The summed E-state index contributed by atoms with van der Waals surface area (Å²) in [5.74, 6) is 0. The first-order valence-corrected chi connectivity index (χ1v) is 4.18. The van der Waals surface area contributed by atoms with E-state index in [1.54, 1.807) is 31.3 Å². The highest BCUT2D eigenvalue weighted by molar-refractivity contribution is 7.79. The van der Waals surface area contributed by atoms with Crippen LogP contribution in [0.2, 0.25) is 0 Å². The second-order valence-electron chi connectivity index (χ2n) is 2.01. The van der Waals surface area contributed by atoms with Crippen molar-refractivity contribution in [3.05, 3.63) is 24.3 Å². The maximum Gasteiger partial charge on any atom is 0.0349 e. The molecule has 0 fully saturated rings. The number of hydrogen-bond donors (Lipinski definition) is 1. The minimum absolute atomic E-state index is 0.303. The molecule has 0 aliphatic rings. The molecule has 0 bridgehead atoms. The lowest BCUT2D eigenvalue weighted by molar-refractivity contribution is 0.537. The lowest BCUT2D eigenvalue weighted by Crippen LogP contribution is -1.92. The van der Waals surface area contributed by atoms with Gasteiger partial charge < -0.3 is 9.87 Å². The highest BCUT2D eigenvalue weighted by Crippen LogP contribution is 2.11. The Hall–Kier alpha value is -0.870. The number of benzene rings is 1. The molecule has 11 heavy (non-hydrogen) atoms. The summed E-state index contributed by atoms with van der Waals surface area (Å²) in [5.41, 5.74) is 0.798. The number of hydrogen-bond acceptors (Lipinski definition) is 3. The average Bonchev–Trinajstić information content (AvgIpc) is 2.05. The van der Waals surface area contributed by atoms with Crippen LogP contribution in [0.1, 0.15) is 0 Å². The summed E-state index contributed by atoms with van der Waals surface area (Å²) >= 11 is -2.13. The predicted octanol–water partition coefficient (Wildman–Crippen LogP) is 0.966. The zero-order valence-corrected chi connectivity index (χ0v) is 6.85. The van der Waals surface area contributed by atoms with Gasteiger partial charge in [0.25, 0.3) is 0 Å². The fraction of sp³-hybridized carbons (Fsp3) is 0.143. The van der Waals surface area contributed by atoms with Crippen molar-refractivity contribution in [3.8, 4) is 0 Å². The van der Waals surface area contributed by atoms with Gasteiger partial charge in [-0.3, -0.25) is 4.21 Å². The Morgan fingerprint density at radius 2 is 2.27 bits per heavy atom. The summed E-state index contributed by atoms with van der Waals surface area (Å²) in [4.78, 5) is 0.303. The Morgan fingerprint density at radius 1 is 1.55 bits per heavy atom. The van der Waals surface area contributed by atoms with Crippen molar-refractivity contribution in [1.29, 1.82) is 0 Å². The Bertz CT molecular complexity index is 275. The molecule has 1 rings (SSSR count). The predicted molar refractivity (Wildman–Crippen MR) is 43.2 cm³/mol. The largest absolute Gasteiger partial charge is 0.768 e. The van der Waals surface area contributed by atoms with Gasteiger partial charge >= 0.3 is 0 Å². The van der Waals surface area contributed by atoms with Gasteiger partial charge in [-0.05, 0) is 29.3 Å². The summed E-state index contributed by atoms with van der Waals surface area (Å²) in [7, 11) is 1.74. The van der Waals surface area contributed by atoms with E-state index in [1.165, 1.54) is 0 Å². The van der Waals surface area contributed by atoms with Crippen LogP contribution in [0.25, 0.3) is 0 Å². The normalized spacial score (nSPS) is 12.5. The molecule has 0 amide bonds. The van der Waals surface area contributed by atoms with Crippen LogP contribution in [0, 0.1) is 0 Å². The molecule has 0 radical (unpaired) electrons. The first-order valence-electron chi connectivity index (χ1n) is 3.11. The van der Waals surface area contributed by atoms with Crippen LogP contribution < -0.4 is 5.32 Å². The van der Waals surface area contributed by atoms with Gasteiger partial charge in [-0.1, -0.05) is 6.07 Å². The van der Waals surface area contributed by atoms with E-state index < -0.39 is 11.1 Å². The van der Waals surface area contributed by atoms with Crippen molar-refractivity contribution in [2.45, 2.75) is 4.90 Å². The third kappa shape index (κ3) is 2.03. The van der Waals surface area contributed by atoms with Crippen molar-refractivity contribution in [1.82, 2.24) is 0 Å². The van der Waals surface area contributed by atoms with Crippen molar-refractivity contribution in [3.63, 3.8) is 0 Å². The standard InChI is InChI=1S/C7H9NO2S/c1-8-6-3-2-4-7(5-6)11(9)10/h2-5,8H,1H3,(H,9,10)/p-1. The van der Waals surface area contributed by atoms with Crippen molar-refractivity contribution in [2.75, 3.05) is 12.4 Å². The fourth-order valence-electron chi connectivity index (χ4n) is 0.755. The minimum Gasteiger partial charge on any atom is -0.768 e. The topological polar surface area (TPSA) is 52.2 Å². The van der Waals surface area contributed by atoms with E-state index in [1.807, 2.05) is 0 Å². The zero-order valence-electron chi connectivity index (χ0n) is 6.03. The van der Waals surface area contributed by atoms with Crippen LogP contribution >= 0.6 is 0 Å². The lowest BCUT2D eigenvalue weighted by Gasteiger charge is -2.06. The van der Waals surface area contributed by atoms with Crippen LogP contribution in [0.3, 0.4) is 0 Å². The van der Waals surface area contributed by atoms with Gasteiger partial charge in [0.15, 0.2) is 0 Å². The lowest BCUT2D eigenvalue weighted by atomic mass is 10.3. The van der Waals surface area contributed by atoms with E-state index in [-0.39, 0.29) is 0 Å². The van der Waals surface area contributed by atoms with E-state index in [9.17, 15) is 8.76 Å². The molecule has 1 unspecified atom stereocenters. The molecule has 0 saturated heterocycles. The summed E-state index contributed by atoms with van der Waals surface area (Å²) in [6, 6.07) is 6.61. The maximum absolute atomic E-state index is 10.4. The Balaban J connectivity index is 3.01. The van der Waals surface area contributed by atoms with Crippen LogP contribution in [-0.4, -0.2) is 15.8 Å². The van der Waals surface area contributed by atoms with Crippen molar-refractivity contribution >= 4 is 16.8 Å². The number of rotatable bonds is 2. The molecule has 4 heteroatoms. The maximum atomic E-state index is 10.4. The second-order valence-corrected chi connectivity index (χ2v) is 2.95. The van der Waals surface area contributed by atoms with E-state index in [2.05, 4.69) is 5.32 Å². The SMILES string of the molecule is CNc1cccc(S(=O)[O-])c1. The molecule has 0 saturated carbocycles. The number of nitrogens with one attached hydrogen (secondary N) is 1. The Labute approximate surface area is 67.7 Å². The minimum atomic E-state index is -2.13. The van der Waals surface area contributed by atoms with E-state index in [4.69, 9.17) is 0 Å². The summed E-state index contributed by atoms with van der Waals surface area (Å²) < 4.78 is 20.9. The van der Waals surface area contributed by atoms with E-state index >= 15 is 0 Å². The van der Waals surface area contributed by atoms with Crippen LogP contribution in [-0.2, 0) is 11.1 Å². The quantitative estimate of drug-likeness (QED) is 0.673. The summed E-state index contributed by atoms with van der Waals surface area (Å²) in [5, 5.41) is 2.85. The molecular weight excluding hydrogens is 162 g/mol. The molecule has 0 aliphatic heterocycles. The van der Waals surface area contributed by atoms with Crippen LogP contribution in [0.15, 0.2) is 29.2 Å². The third-order valence-corrected chi connectivity index (χ3v) is 1.95. The molecule has 0 heterocycles. The van der Waals surface area contributed by atoms with Crippen LogP contribution in [0.5, 0.6) is 0 Å². The molecule has 3 nitrogen and oxygen atoms in total. The zero-order chi connectivity index (χ0) is 8.27. The highest BCUT2D eigenvalue weighted by atomic mass is 32.2. The van der Waals surface area contributed by atoms with Crippen molar-refractivity contribution < 1.29 is 8.76 Å². The van der Waals surface area contributed by atoms with Crippen molar-refractivity contribution in [2.24, 2.45) is 0 Å². The molecule has 0 aliphatic carbocycles. The molecule has 1 aromatic carbocycles. The summed E-state index contributed by atoms with van der Waals surface area (Å²) in [6.07, 6.45) is 0. The molecular formula is C7H8NO2S-. The van der Waals surface area contributed by atoms with Gasteiger partial charge in [0.1, 0.15) is 0 Å². The monoisotopic (exact) mass is 170 g/mol. The van der Waals surface area contributed by atoms with Crippen LogP contribution in [0.4, 0.5) is 5.69 Å². The first kappa shape index (κ1) is 8.23. The summed E-state index contributed by atoms with van der Waals surface area (Å²) in [6.45, 7) is 0. The number of anilines is 1. The molecule has 0 spiro atoms. The molecule has 60 valence electrons. The highest BCUT2D eigenvalue weighted by Gasteiger charge is 1.92. The van der Waals surface area contributed by atoms with Gasteiger partial charge in [-0.15, -0.1) is 0 Å². The fourth-order valence-corrected chi connectivity index (χ4v) is 1.17. The van der Waals surface area contributed by atoms with Gasteiger partial charge in [-0.2, -0.15) is 0 Å². The molecule has 1 aromatic rings. The smallest absolute Gasteiger partial charge is 0.0349 e. The molecule has 1 N–H and O–H groups in total. The molecule has 1 atom stereocenters. The average molecular weight is 170 g/mol. The third-order valence-electron chi connectivity index (χ3n) is 1.32.